The van der Waals surface area contributed by atoms with Gasteiger partial charge in [0.2, 0.25) is 10.0 Å². The van der Waals surface area contributed by atoms with Gasteiger partial charge in [-0.2, -0.15) is 0 Å². The molecule has 3 N–H and O–H groups in total. The lowest BCUT2D eigenvalue weighted by atomic mass is 10.1. The van der Waals surface area contributed by atoms with Crippen LogP contribution in [0.15, 0.2) is 29.2 Å². The Labute approximate surface area is 101 Å². The molecule has 0 saturated heterocycles. The van der Waals surface area contributed by atoms with Gasteiger partial charge in [-0.1, -0.05) is 18.2 Å². The largest absolute Gasteiger partial charge is 0.394 e. The summed E-state index contributed by atoms with van der Waals surface area (Å²) in [6.07, 6.45) is 0. The van der Waals surface area contributed by atoms with E-state index in [0.717, 1.165) is 0 Å². The molecule has 0 unspecified atom stereocenters. The Kier molecular flexibility index (Phi) is 4.26. The molecule has 17 heavy (non-hydrogen) atoms. The predicted molar refractivity (Wildman–Crippen MR) is 64.1 cm³/mol. The molecule has 0 bridgehead atoms. The molecule has 0 saturated carbocycles. The molecule has 0 spiro atoms. The lowest BCUT2D eigenvalue weighted by Crippen LogP contribution is -2.51. The Morgan fingerprint density at radius 2 is 1.76 bits per heavy atom. The standard InChI is InChI=1S/C11H17NO4S/c1-9-5-3-4-6-10(9)17(15,16)12-11(2,7-13)8-14/h3-6,12-14H,7-8H2,1-2H3. The first-order valence-corrected chi connectivity index (χ1v) is 6.64. The minimum absolute atomic E-state index is 0.146. The molecular formula is C11H17NO4S. The van der Waals surface area contributed by atoms with Crippen molar-refractivity contribution in [3.63, 3.8) is 0 Å². The first-order valence-electron chi connectivity index (χ1n) is 5.16. The van der Waals surface area contributed by atoms with E-state index in [1.165, 1.54) is 13.0 Å². The molecule has 0 radical (unpaired) electrons. The molecule has 0 heterocycles. The molecule has 1 rings (SSSR count). The van der Waals surface area contributed by atoms with Gasteiger partial charge in [-0.15, -0.1) is 0 Å². The fourth-order valence-electron chi connectivity index (χ4n) is 1.35. The highest BCUT2D eigenvalue weighted by molar-refractivity contribution is 7.89. The predicted octanol–water partition coefficient (Wildman–Crippen LogP) is 0.0166. The quantitative estimate of drug-likeness (QED) is 0.695. The van der Waals surface area contributed by atoms with E-state index in [9.17, 15) is 8.42 Å². The topological polar surface area (TPSA) is 86.6 Å². The highest BCUT2D eigenvalue weighted by Gasteiger charge is 2.30. The van der Waals surface area contributed by atoms with Crippen LogP contribution in [0.1, 0.15) is 12.5 Å². The smallest absolute Gasteiger partial charge is 0.241 e. The van der Waals surface area contributed by atoms with E-state index in [4.69, 9.17) is 10.2 Å². The fourth-order valence-corrected chi connectivity index (χ4v) is 2.99. The van der Waals surface area contributed by atoms with Crippen molar-refractivity contribution >= 4 is 10.0 Å². The van der Waals surface area contributed by atoms with Gasteiger partial charge < -0.3 is 10.2 Å². The van der Waals surface area contributed by atoms with Crippen LogP contribution in [0, 0.1) is 6.92 Å². The Morgan fingerprint density at radius 1 is 1.24 bits per heavy atom. The van der Waals surface area contributed by atoms with Gasteiger partial charge in [0.05, 0.1) is 23.6 Å². The van der Waals surface area contributed by atoms with Crippen LogP contribution in [0.5, 0.6) is 0 Å². The molecule has 0 amide bonds. The SMILES string of the molecule is Cc1ccccc1S(=O)(=O)NC(C)(CO)CO. The molecule has 0 aliphatic rings. The fraction of sp³-hybridized carbons (Fsp3) is 0.455. The molecule has 0 atom stereocenters. The molecule has 5 nitrogen and oxygen atoms in total. The van der Waals surface area contributed by atoms with Crippen LogP contribution in [0.25, 0.3) is 0 Å². The molecule has 0 aliphatic carbocycles. The van der Waals surface area contributed by atoms with Crippen molar-refractivity contribution in [2.45, 2.75) is 24.3 Å². The molecule has 6 heteroatoms. The minimum Gasteiger partial charge on any atom is -0.394 e. The first-order chi connectivity index (χ1) is 7.84. The molecular weight excluding hydrogens is 242 g/mol. The van der Waals surface area contributed by atoms with Gasteiger partial charge in [0, 0.05) is 0 Å². The number of nitrogens with one attached hydrogen (secondary N) is 1. The molecule has 1 aromatic carbocycles. The van der Waals surface area contributed by atoms with Crippen LogP contribution in [0.4, 0.5) is 0 Å². The van der Waals surface area contributed by atoms with Gasteiger partial charge >= 0.3 is 0 Å². The van der Waals surface area contributed by atoms with E-state index in [2.05, 4.69) is 4.72 Å². The number of aryl methyl sites for hydroxylation is 1. The highest BCUT2D eigenvalue weighted by Crippen LogP contribution is 2.16. The summed E-state index contributed by atoms with van der Waals surface area (Å²) in [5, 5.41) is 18.2. The zero-order valence-electron chi connectivity index (χ0n) is 9.84. The van der Waals surface area contributed by atoms with Crippen molar-refractivity contribution in [1.82, 2.24) is 4.72 Å². The summed E-state index contributed by atoms with van der Waals surface area (Å²) in [5.41, 5.74) is -0.653. The average molecular weight is 259 g/mol. The number of hydrogen-bond acceptors (Lipinski definition) is 4. The number of hydrogen-bond donors (Lipinski definition) is 3. The van der Waals surface area contributed by atoms with Crippen molar-refractivity contribution in [3.05, 3.63) is 29.8 Å². The molecule has 0 aromatic heterocycles. The zero-order valence-corrected chi connectivity index (χ0v) is 10.7. The number of sulfonamides is 1. The molecule has 0 aliphatic heterocycles. The van der Waals surface area contributed by atoms with E-state index in [1.807, 2.05) is 0 Å². The minimum atomic E-state index is -3.74. The highest BCUT2D eigenvalue weighted by atomic mass is 32.2. The number of aliphatic hydroxyl groups excluding tert-OH is 2. The second-order valence-electron chi connectivity index (χ2n) is 4.25. The van der Waals surface area contributed by atoms with E-state index >= 15 is 0 Å². The summed E-state index contributed by atoms with van der Waals surface area (Å²) >= 11 is 0. The van der Waals surface area contributed by atoms with Gasteiger partial charge in [-0.05, 0) is 25.5 Å². The zero-order chi connectivity index (χ0) is 13.1. The van der Waals surface area contributed by atoms with E-state index in [0.29, 0.717) is 5.56 Å². The van der Waals surface area contributed by atoms with Crippen molar-refractivity contribution in [1.29, 1.82) is 0 Å². The van der Waals surface area contributed by atoms with Crippen molar-refractivity contribution in [2.75, 3.05) is 13.2 Å². The maximum absolute atomic E-state index is 12.1. The van der Waals surface area contributed by atoms with Gasteiger partial charge in [-0.3, -0.25) is 0 Å². The van der Waals surface area contributed by atoms with Gasteiger partial charge in [0.25, 0.3) is 0 Å². The third kappa shape index (κ3) is 3.26. The van der Waals surface area contributed by atoms with Crippen LogP contribution in [-0.4, -0.2) is 37.4 Å². The monoisotopic (exact) mass is 259 g/mol. The van der Waals surface area contributed by atoms with E-state index in [1.54, 1.807) is 25.1 Å². The molecule has 0 fully saturated rings. The number of rotatable bonds is 5. The summed E-state index contributed by atoms with van der Waals surface area (Å²) in [7, 11) is -3.74. The number of aliphatic hydroxyl groups is 2. The summed E-state index contributed by atoms with van der Waals surface area (Å²) in [6.45, 7) is 2.16. The van der Waals surface area contributed by atoms with E-state index in [-0.39, 0.29) is 4.90 Å². The average Bonchev–Trinajstić information content (AvgIpc) is 2.28. The lowest BCUT2D eigenvalue weighted by Gasteiger charge is -2.26. The van der Waals surface area contributed by atoms with Crippen LogP contribution in [-0.2, 0) is 10.0 Å². The van der Waals surface area contributed by atoms with Crippen LogP contribution < -0.4 is 4.72 Å². The summed E-state index contributed by atoms with van der Waals surface area (Å²) in [5.74, 6) is 0. The summed E-state index contributed by atoms with van der Waals surface area (Å²) in [6, 6.07) is 6.53. The van der Waals surface area contributed by atoms with Crippen molar-refractivity contribution < 1.29 is 18.6 Å². The van der Waals surface area contributed by atoms with Crippen LogP contribution in [0.2, 0.25) is 0 Å². The van der Waals surface area contributed by atoms with Crippen LogP contribution in [0.3, 0.4) is 0 Å². The second kappa shape index (κ2) is 5.14. The van der Waals surface area contributed by atoms with E-state index < -0.39 is 28.8 Å². The maximum atomic E-state index is 12.1. The normalized spacial score (nSPS) is 12.7. The Bertz CT molecular complexity index is 480. The number of benzene rings is 1. The second-order valence-corrected chi connectivity index (χ2v) is 5.90. The summed E-state index contributed by atoms with van der Waals surface area (Å²) < 4.78 is 26.4. The lowest BCUT2D eigenvalue weighted by molar-refractivity contribution is 0.121. The maximum Gasteiger partial charge on any atom is 0.241 e. The van der Waals surface area contributed by atoms with Crippen molar-refractivity contribution in [2.24, 2.45) is 0 Å². The Hall–Kier alpha value is -0.950. The third-order valence-electron chi connectivity index (χ3n) is 2.46. The van der Waals surface area contributed by atoms with Crippen molar-refractivity contribution in [3.8, 4) is 0 Å². The molecule has 1 aromatic rings. The van der Waals surface area contributed by atoms with Gasteiger partial charge in [0.15, 0.2) is 0 Å². The molecule has 96 valence electrons. The first kappa shape index (κ1) is 14.1. The summed E-state index contributed by atoms with van der Waals surface area (Å²) in [4.78, 5) is 0.146. The Balaban J connectivity index is 3.10. The Morgan fingerprint density at radius 3 is 2.24 bits per heavy atom. The van der Waals surface area contributed by atoms with Gasteiger partial charge in [0.1, 0.15) is 0 Å². The third-order valence-corrected chi connectivity index (χ3v) is 4.26. The van der Waals surface area contributed by atoms with Crippen LogP contribution >= 0.6 is 0 Å². The van der Waals surface area contributed by atoms with Gasteiger partial charge in [-0.25, -0.2) is 13.1 Å².